The van der Waals surface area contributed by atoms with E-state index in [0.29, 0.717) is 24.5 Å². The van der Waals surface area contributed by atoms with Crippen molar-refractivity contribution in [1.29, 1.82) is 0 Å². The molecular formula is C18H22N4O3. The first-order valence-corrected chi connectivity index (χ1v) is 8.38. The van der Waals surface area contributed by atoms with Crippen LogP contribution < -0.4 is 15.0 Å². The molecule has 0 saturated carbocycles. The van der Waals surface area contributed by atoms with E-state index < -0.39 is 6.10 Å². The lowest BCUT2D eigenvalue weighted by atomic mass is 10.1. The van der Waals surface area contributed by atoms with Crippen LogP contribution in [0, 0.1) is 0 Å². The van der Waals surface area contributed by atoms with Crippen LogP contribution in [-0.4, -0.2) is 40.3 Å². The van der Waals surface area contributed by atoms with Gasteiger partial charge in [0.05, 0.1) is 12.2 Å². The number of anilines is 1. The zero-order chi connectivity index (χ0) is 17.8. The van der Waals surface area contributed by atoms with E-state index in [1.54, 1.807) is 22.7 Å². The van der Waals surface area contributed by atoms with E-state index in [0.717, 1.165) is 0 Å². The van der Waals surface area contributed by atoms with Gasteiger partial charge in [0.15, 0.2) is 6.10 Å². The number of para-hydroxylation sites is 2. The minimum Gasteiger partial charge on any atom is -0.479 e. The second-order valence-corrected chi connectivity index (χ2v) is 6.16. The minimum absolute atomic E-state index is 0.0426. The first-order chi connectivity index (χ1) is 12.0. The molecule has 0 radical (unpaired) electrons. The number of rotatable bonds is 6. The molecule has 2 aromatic rings. The quantitative estimate of drug-likeness (QED) is 0.865. The number of aromatic nitrogens is 2. The molecule has 2 amide bonds. The molecule has 0 aliphatic carbocycles. The van der Waals surface area contributed by atoms with E-state index in [-0.39, 0.29) is 24.3 Å². The molecule has 3 rings (SSSR count). The van der Waals surface area contributed by atoms with Gasteiger partial charge in [0, 0.05) is 31.4 Å². The zero-order valence-corrected chi connectivity index (χ0v) is 14.4. The van der Waals surface area contributed by atoms with Crippen molar-refractivity contribution >= 4 is 17.5 Å². The number of carbonyl (C=O) groups excluding carboxylic acids is 2. The summed E-state index contributed by atoms with van der Waals surface area (Å²) >= 11 is 0. The van der Waals surface area contributed by atoms with Crippen molar-refractivity contribution in [1.82, 2.24) is 15.1 Å². The lowest BCUT2D eigenvalue weighted by Crippen LogP contribution is -2.46. The monoisotopic (exact) mass is 342 g/mol. The highest BCUT2D eigenvalue weighted by molar-refractivity contribution is 6.00. The summed E-state index contributed by atoms with van der Waals surface area (Å²) in [6.07, 6.45) is 3.25. The third-order valence-electron chi connectivity index (χ3n) is 4.06. The summed E-state index contributed by atoms with van der Waals surface area (Å²) in [6.45, 7) is 4.58. The summed E-state index contributed by atoms with van der Waals surface area (Å²) in [6, 6.07) is 9.18. The zero-order valence-electron chi connectivity index (χ0n) is 14.4. The second kappa shape index (κ2) is 7.38. The normalized spacial score (nSPS) is 17.6. The maximum Gasteiger partial charge on any atom is 0.267 e. The first kappa shape index (κ1) is 17.0. The van der Waals surface area contributed by atoms with Gasteiger partial charge in [0.1, 0.15) is 5.75 Å². The summed E-state index contributed by atoms with van der Waals surface area (Å²) in [5.74, 6) is 0.447. The average Bonchev–Trinajstić information content (AvgIpc) is 3.08. The Morgan fingerprint density at radius 3 is 2.92 bits per heavy atom. The third-order valence-corrected chi connectivity index (χ3v) is 4.06. The van der Waals surface area contributed by atoms with Gasteiger partial charge in [0.2, 0.25) is 5.91 Å². The van der Waals surface area contributed by atoms with Crippen molar-refractivity contribution in [2.75, 3.05) is 11.4 Å². The van der Waals surface area contributed by atoms with Crippen molar-refractivity contribution in [2.24, 2.45) is 0 Å². The Morgan fingerprint density at radius 2 is 2.16 bits per heavy atom. The SMILES string of the molecule is C[C@H](Cn1cccn1)NC(=O)CCN1C(=O)[C@@H](C)Oc2ccccc21. The predicted octanol–water partition coefficient (Wildman–Crippen LogP) is 1.59. The molecule has 2 heterocycles. The fourth-order valence-electron chi connectivity index (χ4n) is 2.88. The topological polar surface area (TPSA) is 76.5 Å². The Balaban J connectivity index is 1.57. The van der Waals surface area contributed by atoms with Gasteiger partial charge >= 0.3 is 0 Å². The highest BCUT2D eigenvalue weighted by Gasteiger charge is 2.31. The minimum atomic E-state index is -0.545. The van der Waals surface area contributed by atoms with Crippen molar-refractivity contribution in [3.63, 3.8) is 0 Å². The molecule has 25 heavy (non-hydrogen) atoms. The Bertz CT molecular complexity index is 745. The number of nitrogens with zero attached hydrogens (tertiary/aromatic N) is 3. The van der Waals surface area contributed by atoms with Crippen molar-refractivity contribution in [3.8, 4) is 5.75 Å². The van der Waals surface area contributed by atoms with E-state index in [1.165, 1.54) is 0 Å². The highest BCUT2D eigenvalue weighted by Crippen LogP contribution is 2.33. The number of ether oxygens (including phenoxy) is 1. The molecule has 7 nitrogen and oxygen atoms in total. The molecule has 0 fully saturated rings. The molecule has 0 saturated heterocycles. The van der Waals surface area contributed by atoms with Crippen molar-refractivity contribution in [3.05, 3.63) is 42.7 Å². The van der Waals surface area contributed by atoms with E-state index in [4.69, 9.17) is 4.74 Å². The van der Waals surface area contributed by atoms with Crippen LogP contribution in [0.2, 0.25) is 0 Å². The van der Waals surface area contributed by atoms with Crippen molar-refractivity contribution < 1.29 is 14.3 Å². The van der Waals surface area contributed by atoms with Crippen LogP contribution in [0.5, 0.6) is 5.75 Å². The Labute approximate surface area is 146 Å². The molecule has 1 aliphatic rings. The largest absolute Gasteiger partial charge is 0.479 e. The summed E-state index contributed by atoms with van der Waals surface area (Å²) in [7, 11) is 0. The molecule has 2 atom stereocenters. The molecule has 7 heteroatoms. The standard InChI is InChI=1S/C18H22N4O3/c1-13(12-21-10-5-9-19-21)20-17(23)8-11-22-15-6-3-4-7-16(15)25-14(2)18(22)24/h3-7,9-10,13-14H,8,11-12H2,1-2H3,(H,20,23)/t13-,14-/m1/s1. The smallest absolute Gasteiger partial charge is 0.267 e. The number of hydrogen-bond donors (Lipinski definition) is 1. The van der Waals surface area contributed by atoms with Crippen LogP contribution >= 0.6 is 0 Å². The molecule has 1 aromatic heterocycles. The lowest BCUT2D eigenvalue weighted by Gasteiger charge is -2.32. The fourth-order valence-corrected chi connectivity index (χ4v) is 2.88. The Kier molecular flexibility index (Phi) is 5.02. The van der Waals surface area contributed by atoms with E-state index >= 15 is 0 Å². The van der Waals surface area contributed by atoms with Crippen LogP contribution in [-0.2, 0) is 16.1 Å². The molecule has 0 unspecified atom stereocenters. The molecule has 0 bridgehead atoms. The molecular weight excluding hydrogens is 320 g/mol. The van der Waals surface area contributed by atoms with Crippen LogP contribution in [0.3, 0.4) is 0 Å². The maximum absolute atomic E-state index is 12.4. The van der Waals surface area contributed by atoms with Crippen LogP contribution in [0.1, 0.15) is 20.3 Å². The molecule has 132 valence electrons. The van der Waals surface area contributed by atoms with Crippen LogP contribution in [0.15, 0.2) is 42.7 Å². The van der Waals surface area contributed by atoms with Crippen LogP contribution in [0.4, 0.5) is 5.69 Å². The lowest BCUT2D eigenvalue weighted by molar-refractivity contribution is -0.125. The number of hydrogen-bond acceptors (Lipinski definition) is 4. The fraction of sp³-hybridized carbons (Fsp3) is 0.389. The van der Waals surface area contributed by atoms with Crippen LogP contribution in [0.25, 0.3) is 0 Å². The van der Waals surface area contributed by atoms with E-state index in [2.05, 4.69) is 10.4 Å². The van der Waals surface area contributed by atoms with Gasteiger partial charge in [0.25, 0.3) is 5.91 Å². The van der Waals surface area contributed by atoms with Gasteiger partial charge in [-0.2, -0.15) is 5.10 Å². The molecule has 1 aliphatic heterocycles. The number of benzene rings is 1. The van der Waals surface area contributed by atoms with Crippen molar-refractivity contribution in [2.45, 2.75) is 39.0 Å². The first-order valence-electron chi connectivity index (χ1n) is 8.38. The van der Waals surface area contributed by atoms with Gasteiger partial charge in [-0.15, -0.1) is 0 Å². The number of amides is 2. The summed E-state index contributed by atoms with van der Waals surface area (Å²) in [5.41, 5.74) is 0.711. The Hall–Kier alpha value is -2.83. The van der Waals surface area contributed by atoms with E-state index in [9.17, 15) is 9.59 Å². The summed E-state index contributed by atoms with van der Waals surface area (Å²) < 4.78 is 7.38. The van der Waals surface area contributed by atoms with Gasteiger partial charge in [-0.25, -0.2) is 0 Å². The maximum atomic E-state index is 12.4. The van der Waals surface area contributed by atoms with Gasteiger partial charge in [-0.3, -0.25) is 14.3 Å². The summed E-state index contributed by atoms with van der Waals surface area (Å²) in [4.78, 5) is 26.2. The highest BCUT2D eigenvalue weighted by atomic mass is 16.5. The average molecular weight is 342 g/mol. The second-order valence-electron chi connectivity index (χ2n) is 6.16. The van der Waals surface area contributed by atoms with Gasteiger partial charge in [-0.1, -0.05) is 12.1 Å². The number of carbonyl (C=O) groups is 2. The van der Waals surface area contributed by atoms with E-state index in [1.807, 2.05) is 43.5 Å². The van der Waals surface area contributed by atoms with Gasteiger partial charge in [-0.05, 0) is 32.0 Å². The summed E-state index contributed by atoms with van der Waals surface area (Å²) in [5, 5.41) is 7.06. The van der Waals surface area contributed by atoms with Gasteiger partial charge < -0.3 is 15.0 Å². The number of fused-ring (bicyclic) bond motifs is 1. The number of nitrogens with one attached hydrogen (secondary N) is 1. The molecule has 0 spiro atoms. The molecule has 1 aromatic carbocycles. The Morgan fingerprint density at radius 1 is 1.36 bits per heavy atom. The predicted molar refractivity (Wildman–Crippen MR) is 93.3 cm³/mol. The molecule has 1 N–H and O–H groups in total. The third kappa shape index (κ3) is 3.99.